The van der Waals surface area contributed by atoms with Gasteiger partial charge in [-0.3, -0.25) is 4.79 Å². The molecule has 11 heteroatoms. The number of benzene rings is 2. The summed E-state index contributed by atoms with van der Waals surface area (Å²) in [6.45, 7) is 8.20. The molecule has 2 aromatic carbocycles. The number of rotatable bonds is 6. The number of anilines is 2. The van der Waals surface area contributed by atoms with Crippen LogP contribution in [0.2, 0.25) is 0 Å². The minimum atomic E-state index is -0.595. The van der Waals surface area contributed by atoms with Crippen molar-refractivity contribution < 1.29 is 23.1 Å². The zero-order valence-electron chi connectivity index (χ0n) is 25.9. The quantitative estimate of drug-likeness (QED) is 0.280. The van der Waals surface area contributed by atoms with Gasteiger partial charge in [-0.25, -0.2) is 23.5 Å². The highest BCUT2D eigenvalue weighted by Crippen LogP contribution is 2.38. The van der Waals surface area contributed by atoms with Crippen LogP contribution in [0, 0.1) is 17.6 Å². The van der Waals surface area contributed by atoms with E-state index in [0.717, 1.165) is 77.4 Å². The Bertz CT molecular complexity index is 1760. The van der Waals surface area contributed by atoms with Crippen LogP contribution in [0.5, 0.6) is 0 Å². The van der Waals surface area contributed by atoms with Crippen molar-refractivity contribution in [1.82, 2.24) is 19.4 Å². The van der Waals surface area contributed by atoms with E-state index in [4.69, 9.17) is 10.5 Å². The first kappa shape index (κ1) is 30.5. The van der Waals surface area contributed by atoms with Gasteiger partial charge in [0, 0.05) is 49.2 Å². The van der Waals surface area contributed by atoms with Crippen LogP contribution < -0.4 is 10.6 Å². The number of nitrogens with zero attached hydrogens (tertiary/aromatic N) is 5. The van der Waals surface area contributed by atoms with Crippen molar-refractivity contribution in [1.29, 1.82) is 0 Å². The Morgan fingerprint density at radius 2 is 1.82 bits per heavy atom. The molecule has 4 heterocycles. The van der Waals surface area contributed by atoms with Crippen molar-refractivity contribution in [3.05, 3.63) is 71.7 Å². The number of nitrogens with two attached hydrogens (primary N) is 1. The van der Waals surface area contributed by atoms with E-state index in [-0.39, 0.29) is 24.0 Å². The van der Waals surface area contributed by atoms with Crippen molar-refractivity contribution in [3.8, 4) is 11.1 Å². The number of aryl methyl sites for hydroxylation is 1. The smallest absolute Gasteiger partial charge is 0.410 e. The lowest BCUT2D eigenvalue weighted by molar-refractivity contribution is -0.117. The van der Waals surface area contributed by atoms with Crippen molar-refractivity contribution in [2.24, 2.45) is 5.92 Å². The summed E-state index contributed by atoms with van der Waals surface area (Å²) < 4.78 is 35.5. The second-order valence-electron chi connectivity index (χ2n) is 12.9. The Kier molecular flexibility index (Phi) is 8.20. The number of halogens is 2. The number of piperidine rings is 1. The molecule has 4 aromatic rings. The number of hydrogen-bond acceptors (Lipinski definition) is 6. The maximum absolute atomic E-state index is 14.2. The van der Waals surface area contributed by atoms with Gasteiger partial charge in [0.15, 0.2) is 0 Å². The number of amides is 2. The minimum absolute atomic E-state index is 0.0435. The largest absolute Gasteiger partial charge is 0.444 e. The average molecular weight is 617 g/mol. The number of carbonyl (C=O) groups is 2. The third-order valence-corrected chi connectivity index (χ3v) is 8.66. The van der Waals surface area contributed by atoms with Crippen LogP contribution in [0.15, 0.2) is 48.9 Å². The van der Waals surface area contributed by atoms with E-state index < -0.39 is 17.2 Å². The predicted molar refractivity (Wildman–Crippen MR) is 169 cm³/mol. The Labute approximate surface area is 261 Å². The molecule has 2 amide bonds. The molecule has 2 N–H and O–H groups in total. The molecule has 2 aromatic heterocycles. The highest BCUT2D eigenvalue weighted by Gasteiger charge is 2.28. The molecule has 0 atom stereocenters. The Morgan fingerprint density at radius 1 is 1.04 bits per heavy atom. The highest BCUT2D eigenvalue weighted by atomic mass is 19.1. The van der Waals surface area contributed by atoms with Crippen LogP contribution in [0.25, 0.3) is 22.2 Å². The number of ether oxygens (including phenoxy) is 1. The lowest BCUT2D eigenvalue weighted by Crippen LogP contribution is -2.41. The molecule has 0 radical (unpaired) electrons. The zero-order chi connectivity index (χ0) is 31.9. The molecular formula is C34H38F2N6O3. The van der Waals surface area contributed by atoms with Crippen molar-refractivity contribution in [2.75, 3.05) is 30.3 Å². The normalized spacial score (nSPS) is 15.5. The van der Waals surface area contributed by atoms with Crippen LogP contribution in [0.3, 0.4) is 0 Å². The molecule has 236 valence electrons. The van der Waals surface area contributed by atoms with Gasteiger partial charge in [0.25, 0.3) is 0 Å². The van der Waals surface area contributed by atoms with Crippen LogP contribution in [0.4, 0.5) is 25.1 Å². The maximum Gasteiger partial charge on any atom is 0.410 e. The van der Waals surface area contributed by atoms with E-state index in [2.05, 4.69) is 26.8 Å². The molecule has 2 aliphatic heterocycles. The molecule has 6 rings (SSSR count). The molecule has 45 heavy (non-hydrogen) atoms. The van der Waals surface area contributed by atoms with E-state index in [1.165, 1.54) is 6.33 Å². The van der Waals surface area contributed by atoms with Crippen LogP contribution in [0.1, 0.15) is 51.2 Å². The summed E-state index contributed by atoms with van der Waals surface area (Å²) in [5.74, 6) is -0.585. The van der Waals surface area contributed by atoms with Crippen LogP contribution >= 0.6 is 0 Å². The average Bonchev–Trinajstić information content (AvgIpc) is 3.59. The maximum atomic E-state index is 14.2. The van der Waals surface area contributed by atoms with Gasteiger partial charge < -0.3 is 24.8 Å². The number of fused-ring (bicyclic) bond motifs is 2. The number of carbonyl (C=O) groups excluding carboxylic acids is 2. The molecule has 0 bridgehead atoms. The van der Waals surface area contributed by atoms with Crippen molar-refractivity contribution in [2.45, 2.75) is 65.0 Å². The van der Waals surface area contributed by atoms with Crippen LogP contribution in [-0.2, 0) is 28.9 Å². The Balaban J connectivity index is 1.17. The first-order chi connectivity index (χ1) is 21.5. The fourth-order valence-electron chi connectivity index (χ4n) is 6.35. The summed E-state index contributed by atoms with van der Waals surface area (Å²) in [4.78, 5) is 37.8. The standard InChI is InChI=1S/C34H38F2N6O3/c1-34(2,3)45-33(44)40-12-8-21(9-13-40)10-14-41-19-26(30-31(37)38-20-39-32(30)41)22-4-7-28-23(16-22)11-15-42(28)29(43)18-24-17-25(35)5-6-27(24)36/h4-7,16-17,19-21H,8-15,18H2,1-3H3,(H2,37,38,39). The number of nitrogen functional groups attached to an aromatic ring is 1. The summed E-state index contributed by atoms with van der Waals surface area (Å²) in [5, 5.41) is 0.782. The summed E-state index contributed by atoms with van der Waals surface area (Å²) in [6, 6.07) is 9.07. The van der Waals surface area contributed by atoms with E-state index in [0.29, 0.717) is 37.8 Å². The van der Waals surface area contributed by atoms with E-state index >= 15 is 0 Å². The van der Waals surface area contributed by atoms with Gasteiger partial charge in [0.1, 0.15) is 35.0 Å². The molecular weight excluding hydrogens is 578 g/mol. The SMILES string of the molecule is CC(C)(C)OC(=O)N1CCC(CCn2cc(-c3ccc4c(c3)CCN4C(=O)Cc3cc(F)ccc3F)c3c(N)ncnc32)CC1. The van der Waals surface area contributed by atoms with Gasteiger partial charge in [-0.05, 0) is 93.8 Å². The van der Waals surface area contributed by atoms with Gasteiger partial charge >= 0.3 is 6.09 Å². The lowest BCUT2D eigenvalue weighted by Gasteiger charge is -2.33. The van der Waals surface area contributed by atoms with E-state index in [9.17, 15) is 18.4 Å². The first-order valence-corrected chi connectivity index (χ1v) is 15.4. The van der Waals surface area contributed by atoms with Gasteiger partial charge in [-0.2, -0.15) is 0 Å². The van der Waals surface area contributed by atoms with E-state index in [1.807, 2.05) is 32.9 Å². The topological polar surface area (TPSA) is 107 Å². The Hall–Kier alpha value is -4.54. The molecule has 9 nitrogen and oxygen atoms in total. The van der Waals surface area contributed by atoms with Gasteiger partial charge in [-0.15, -0.1) is 0 Å². The second kappa shape index (κ2) is 12.1. The number of aromatic nitrogens is 3. The number of likely N-dealkylation sites (tertiary alicyclic amines) is 1. The third-order valence-electron chi connectivity index (χ3n) is 8.66. The monoisotopic (exact) mass is 616 g/mol. The third kappa shape index (κ3) is 6.48. The predicted octanol–water partition coefficient (Wildman–Crippen LogP) is 6.13. The minimum Gasteiger partial charge on any atom is -0.444 e. The van der Waals surface area contributed by atoms with Crippen LogP contribution in [-0.4, -0.2) is 56.7 Å². The fourth-order valence-corrected chi connectivity index (χ4v) is 6.35. The van der Waals surface area contributed by atoms with Crippen molar-refractivity contribution >= 4 is 34.5 Å². The molecule has 0 saturated carbocycles. The molecule has 2 aliphatic rings. The number of hydrogen-bond donors (Lipinski definition) is 1. The molecule has 0 spiro atoms. The zero-order valence-corrected chi connectivity index (χ0v) is 25.9. The molecule has 0 aliphatic carbocycles. The highest BCUT2D eigenvalue weighted by molar-refractivity contribution is 6.02. The summed E-state index contributed by atoms with van der Waals surface area (Å²) >= 11 is 0. The lowest BCUT2D eigenvalue weighted by atomic mass is 9.94. The second-order valence-corrected chi connectivity index (χ2v) is 12.9. The van der Waals surface area contributed by atoms with Gasteiger partial charge in [0.05, 0.1) is 11.8 Å². The van der Waals surface area contributed by atoms with Gasteiger partial charge in [0.2, 0.25) is 5.91 Å². The molecule has 1 saturated heterocycles. The Morgan fingerprint density at radius 3 is 2.58 bits per heavy atom. The van der Waals surface area contributed by atoms with Crippen molar-refractivity contribution in [3.63, 3.8) is 0 Å². The fraction of sp³-hybridized carbons (Fsp3) is 0.412. The summed E-state index contributed by atoms with van der Waals surface area (Å²) in [7, 11) is 0. The first-order valence-electron chi connectivity index (χ1n) is 15.4. The van der Waals surface area contributed by atoms with E-state index in [1.54, 1.807) is 9.80 Å². The molecule has 1 fully saturated rings. The summed E-state index contributed by atoms with van der Waals surface area (Å²) in [5.41, 5.74) is 10.3. The summed E-state index contributed by atoms with van der Waals surface area (Å²) in [6.07, 6.45) is 6.48. The van der Waals surface area contributed by atoms with Gasteiger partial charge in [-0.1, -0.05) is 6.07 Å². The molecule has 0 unspecified atom stereocenters.